The SMILES string of the molecule is COc1cccc(OC)c1-n1c(NS(=O)(=O)[C@H](C)[C@H](OC)c2ncc(Cl)cn2)nnc1-c1ccn(C)n1. The lowest BCUT2D eigenvalue weighted by molar-refractivity contribution is 0.0950. The molecule has 0 fully saturated rings. The van der Waals surface area contributed by atoms with Crippen molar-refractivity contribution < 1.29 is 22.6 Å². The number of ether oxygens (including phenoxy) is 3. The molecule has 0 saturated heterocycles. The third-order valence-corrected chi connectivity index (χ3v) is 7.42. The minimum atomic E-state index is -4.13. The van der Waals surface area contributed by atoms with Crippen LogP contribution in [0.25, 0.3) is 17.2 Å². The van der Waals surface area contributed by atoms with E-state index < -0.39 is 21.4 Å². The molecular weight excluding hydrogens is 524 g/mol. The first kappa shape index (κ1) is 26.3. The van der Waals surface area contributed by atoms with E-state index >= 15 is 0 Å². The van der Waals surface area contributed by atoms with E-state index in [0.717, 1.165) is 0 Å². The zero-order valence-corrected chi connectivity index (χ0v) is 22.2. The Balaban J connectivity index is 1.82. The van der Waals surface area contributed by atoms with E-state index in [1.165, 1.54) is 45.2 Å². The normalized spacial score (nSPS) is 13.2. The van der Waals surface area contributed by atoms with Gasteiger partial charge in [0.15, 0.2) is 11.6 Å². The van der Waals surface area contributed by atoms with Crippen molar-refractivity contribution in [2.24, 2.45) is 7.05 Å². The number of nitrogens with zero attached hydrogens (tertiary/aromatic N) is 7. The van der Waals surface area contributed by atoms with Crippen molar-refractivity contribution in [1.82, 2.24) is 34.5 Å². The third-order valence-electron chi connectivity index (χ3n) is 5.53. The molecule has 0 radical (unpaired) electrons. The summed E-state index contributed by atoms with van der Waals surface area (Å²) >= 11 is 5.87. The lowest BCUT2D eigenvalue weighted by Crippen LogP contribution is -2.33. The molecule has 0 spiro atoms. The fourth-order valence-electron chi connectivity index (χ4n) is 3.67. The smallest absolute Gasteiger partial charge is 0.243 e. The Hall–Kier alpha value is -3.75. The van der Waals surface area contributed by atoms with Crippen LogP contribution >= 0.6 is 11.6 Å². The number of hydrogen-bond donors (Lipinski definition) is 1. The van der Waals surface area contributed by atoms with Gasteiger partial charge < -0.3 is 14.2 Å². The van der Waals surface area contributed by atoms with Gasteiger partial charge in [-0.15, -0.1) is 10.2 Å². The van der Waals surface area contributed by atoms with Crippen LogP contribution in [0.1, 0.15) is 18.9 Å². The summed E-state index contributed by atoms with van der Waals surface area (Å²) in [5.74, 6) is 1.11. The van der Waals surface area contributed by atoms with E-state index in [2.05, 4.69) is 30.0 Å². The zero-order chi connectivity index (χ0) is 26.7. The average molecular weight is 549 g/mol. The van der Waals surface area contributed by atoms with Crippen molar-refractivity contribution >= 4 is 27.6 Å². The molecule has 0 amide bonds. The Morgan fingerprint density at radius 2 is 1.68 bits per heavy atom. The van der Waals surface area contributed by atoms with Crippen LogP contribution in [0, 0.1) is 0 Å². The summed E-state index contributed by atoms with van der Waals surface area (Å²) in [5, 5.41) is 11.9. The lowest BCUT2D eigenvalue weighted by atomic mass is 10.2. The Morgan fingerprint density at radius 3 is 2.22 bits per heavy atom. The Kier molecular flexibility index (Phi) is 7.61. The fourth-order valence-corrected chi connectivity index (χ4v) is 4.90. The van der Waals surface area contributed by atoms with E-state index in [4.69, 9.17) is 25.8 Å². The average Bonchev–Trinajstić information content (AvgIpc) is 3.50. The number of rotatable bonds is 10. The number of methoxy groups -OCH3 is 3. The standard InChI is InChI=1S/C22H25ClN8O5S/c1-13(19(36-5)20-24-11-14(23)12-25-20)37(32,33)29-22-27-26-21(15-9-10-30(2)28-15)31(22)18-16(34-3)7-6-8-17(18)35-4/h6-13,19H,1-5H3,(H,27,29)/t13-,19+/m1/s1. The molecule has 196 valence electrons. The van der Waals surface area contributed by atoms with Crippen molar-refractivity contribution in [1.29, 1.82) is 0 Å². The van der Waals surface area contributed by atoms with Gasteiger partial charge in [-0.05, 0) is 25.1 Å². The first-order chi connectivity index (χ1) is 17.7. The molecule has 0 aliphatic rings. The van der Waals surface area contributed by atoms with Gasteiger partial charge in [-0.3, -0.25) is 14.0 Å². The second-order valence-electron chi connectivity index (χ2n) is 7.84. The first-order valence-corrected chi connectivity index (χ1v) is 12.8. The second kappa shape index (κ2) is 10.7. The Labute approximate surface area is 218 Å². The molecule has 3 aromatic heterocycles. The minimum absolute atomic E-state index is 0.109. The van der Waals surface area contributed by atoms with E-state index in [0.29, 0.717) is 27.9 Å². The minimum Gasteiger partial charge on any atom is -0.494 e. The number of para-hydroxylation sites is 1. The molecule has 13 nitrogen and oxygen atoms in total. The monoisotopic (exact) mass is 548 g/mol. The molecule has 0 aliphatic carbocycles. The highest BCUT2D eigenvalue weighted by atomic mass is 35.5. The summed E-state index contributed by atoms with van der Waals surface area (Å²) in [6.45, 7) is 1.47. The molecule has 15 heteroatoms. The van der Waals surface area contributed by atoms with E-state index in [1.54, 1.807) is 42.2 Å². The second-order valence-corrected chi connectivity index (χ2v) is 10.3. The molecule has 4 rings (SSSR count). The van der Waals surface area contributed by atoms with E-state index in [1.807, 2.05) is 0 Å². The highest BCUT2D eigenvalue weighted by Crippen LogP contribution is 2.37. The molecule has 1 aromatic carbocycles. The summed E-state index contributed by atoms with van der Waals surface area (Å²) in [6, 6.07) is 6.88. The van der Waals surface area contributed by atoms with Gasteiger partial charge in [-0.2, -0.15) is 5.10 Å². The number of hydrogen-bond acceptors (Lipinski definition) is 10. The molecule has 0 unspecified atom stereocenters. The number of nitrogens with one attached hydrogen (secondary N) is 1. The van der Waals surface area contributed by atoms with Gasteiger partial charge in [0.25, 0.3) is 0 Å². The van der Waals surface area contributed by atoms with E-state index in [-0.39, 0.29) is 17.6 Å². The number of halogens is 1. The summed E-state index contributed by atoms with van der Waals surface area (Å²) in [7, 11) is 1.97. The largest absolute Gasteiger partial charge is 0.494 e. The molecule has 1 N–H and O–H groups in total. The van der Waals surface area contributed by atoms with Gasteiger partial charge in [0, 0.05) is 32.7 Å². The van der Waals surface area contributed by atoms with Crippen molar-refractivity contribution in [2.45, 2.75) is 18.3 Å². The Morgan fingerprint density at radius 1 is 1.03 bits per heavy atom. The van der Waals surface area contributed by atoms with E-state index in [9.17, 15) is 8.42 Å². The van der Waals surface area contributed by atoms with Gasteiger partial charge in [0.2, 0.25) is 16.0 Å². The maximum Gasteiger partial charge on any atom is 0.243 e. The predicted molar refractivity (Wildman–Crippen MR) is 135 cm³/mol. The van der Waals surface area contributed by atoms with Crippen LogP contribution in [0.5, 0.6) is 11.5 Å². The number of benzene rings is 1. The predicted octanol–water partition coefficient (Wildman–Crippen LogP) is 2.65. The maximum atomic E-state index is 13.5. The Bertz CT molecular complexity index is 1470. The number of anilines is 1. The molecule has 2 atom stereocenters. The molecule has 0 aliphatic heterocycles. The number of sulfonamides is 1. The first-order valence-electron chi connectivity index (χ1n) is 10.9. The van der Waals surface area contributed by atoms with Gasteiger partial charge in [-0.1, -0.05) is 17.7 Å². The van der Waals surface area contributed by atoms with Crippen LogP contribution in [0.3, 0.4) is 0 Å². The molecule has 3 heterocycles. The summed E-state index contributed by atoms with van der Waals surface area (Å²) in [4.78, 5) is 8.22. The van der Waals surface area contributed by atoms with Crippen LogP contribution in [0.2, 0.25) is 5.02 Å². The van der Waals surface area contributed by atoms with Crippen LogP contribution in [0.4, 0.5) is 5.95 Å². The van der Waals surface area contributed by atoms with Gasteiger partial charge in [0.05, 0.1) is 19.2 Å². The van der Waals surface area contributed by atoms with Crippen LogP contribution in [-0.4, -0.2) is 69.5 Å². The van der Waals surface area contributed by atoms with Crippen molar-refractivity contribution in [3.63, 3.8) is 0 Å². The highest BCUT2D eigenvalue weighted by Gasteiger charge is 2.35. The number of aryl methyl sites for hydroxylation is 1. The topological polar surface area (TPSA) is 148 Å². The zero-order valence-electron chi connectivity index (χ0n) is 20.7. The third kappa shape index (κ3) is 5.21. The molecule has 0 saturated carbocycles. The lowest BCUT2D eigenvalue weighted by Gasteiger charge is -2.22. The molecule has 4 aromatic rings. The maximum absolute atomic E-state index is 13.5. The van der Waals surface area contributed by atoms with Gasteiger partial charge in [-0.25, -0.2) is 18.4 Å². The number of aromatic nitrogens is 7. The van der Waals surface area contributed by atoms with Gasteiger partial charge >= 0.3 is 0 Å². The quantitative estimate of drug-likeness (QED) is 0.313. The molecule has 0 bridgehead atoms. The highest BCUT2D eigenvalue weighted by molar-refractivity contribution is 7.93. The molecule has 37 heavy (non-hydrogen) atoms. The van der Waals surface area contributed by atoms with Crippen LogP contribution in [-0.2, 0) is 21.8 Å². The molecular formula is C22H25ClN8O5S. The summed E-state index contributed by atoms with van der Waals surface area (Å²) in [5.41, 5.74) is 0.832. The van der Waals surface area contributed by atoms with Crippen molar-refractivity contribution in [2.75, 3.05) is 26.1 Å². The van der Waals surface area contributed by atoms with Crippen molar-refractivity contribution in [3.8, 4) is 28.7 Å². The fraction of sp³-hybridized carbons (Fsp3) is 0.318. The van der Waals surface area contributed by atoms with Gasteiger partial charge in [0.1, 0.15) is 34.2 Å². The van der Waals surface area contributed by atoms with Crippen LogP contribution < -0.4 is 14.2 Å². The van der Waals surface area contributed by atoms with Crippen molar-refractivity contribution in [3.05, 3.63) is 53.7 Å². The summed E-state index contributed by atoms with van der Waals surface area (Å²) < 4.78 is 49.3. The summed E-state index contributed by atoms with van der Waals surface area (Å²) in [6.07, 6.45) is 3.47. The van der Waals surface area contributed by atoms with Crippen LogP contribution in [0.15, 0.2) is 42.9 Å².